The molecule has 2 nitrogen and oxygen atoms in total. The van der Waals surface area contributed by atoms with Crippen LogP contribution in [0, 0.1) is 5.41 Å². The molecule has 0 radical (unpaired) electrons. The summed E-state index contributed by atoms with van der Waals surface area (Å²) in [6, 6.07) is 40.5. The highest BCUT2D eigenvalue weighted by atomic mass is 32.2. The van der Waals surface area contributed by atoms with Gasteiger partial charge in [-0.15, -0.1) is 0 Å². The third-order valence-corrected chi connectivity index (χ3v) is 10.2. The van der Waals surface area contributed by atoms with Crippen molar-refractivity contribution in [2.24, 2.45) is 5.41 Å². The zero-order valence-electron chi connectivity index (χ0n) is 25.8. The number of fused-ring (bicyclic) bond motifs is 4. The lowest BCUT2D eigenvalue weighted by molar-refractivity contribution is 0.411. The average Bonchev–Trinajstić information content (AvgIpc) is 2.97. The lowest BCUT2D eigenvalue weighted by Crippen LogP contribution is -2.39. The van der Waals surface area contributed by atoms with Crippen LogP contribution in [-0.4, -0.2) is 5.54 Å². The van der Waals surface area contributed by atoms with E-state index in [-0.39, 0.29) is 11.0 Å². The number of anilines is 5. The Balaban J connectivity index is 1.31. The standard InChI is InChI=1S/C39H38N2S2/c1-38(2,3)25-26-16-19-30-35(22-26)43-36-23-27(17-20-31(36)40(30)29-12-8-7-9-13-29)28-18-21-33-37(24-28)42-34-15-11-10-14-32(34)41(33)39(4,5)6/h7-24H,25H2,1-6H3. The molecule has 0 aromatic heterocycles. The maximum atomic E-state index is 2.49. The maximum absolute atomic E-state index is 2.49. The highest BCUT2D eigenvalue weighted by molar-refractivity contribution is 8.00. The van der Waals surface area contributed by atoms with E-state index in [2.05, 4.69) is 161 Å². The fraction of sp³-hybridized carbons (Fsp3) is 0.231. The number of benzene rings is 5. The monoisotopic (exact) mass is 598 g/mol. The van der Waals surface area contributed by atoms with Crippen LogP contribution in [0.15, 0.2) is 129 Å². The number of para-hydroxylation sites is 2. The Morgan fingerprint density at radius 3 is 1.72 bits per heavy atom. The highest BCUT2D eigenvalue weighted by Crippen LogP contribution is 2.54. The van der Waals surface area contributed by atoms with Crippen molar-refractivity contribution in [1.29, 1.82) is 0 Å². The normalized spacial score (nSPS) is 14.1. The van der Waals surface area contributed by atoms with Crippen molar-refractivity contribution >= 4 is 52.0 Å². The minimum atomic E-state index is -0.0318. The Bertz CT molecular complexity index is 1830. The van der Waals surface area contributed by atoms with Gasteiger partial charge in [-0.1, -0.05) is 92.8 Å². The van der Waals surface area contributed by atoms with Crippen LogP contribution in [0.2, 0.25) is 0 Å². The summed E-state index contributed by atoms with van der Waals surface area (Å²) in [5.74, 6) is 0. The van der Waals surface area contributed by atoms with E-state index in [1.165, 1.54) is 64.7 Å². The largest absolute Gasteiger partial charge is 0.334 e. The first kappa shape index (κ1) is 28.2. The van der Waals surface area contributed by atoms with Crippen LogP contribution < -0.4 is 9.80 Å². The first-order valence-electron chi connectivity index (χ1n) is 15.1. The molecule has 0 aliphatic carbocycles. The predicted molar refractivity (Wildman–Crippen MR) is 186 cm³/mol. The van der Waals surface area contributed by atoms with Crippen LogP contribution in [0.5, 0.6) is 0 Å². The Morgan fingerprint density at radius 2 is 1.05 bits per heavy atom. The third kappa shape index (κ3) is 5.36. The highest BCUT2D eigenvalue weighted by Gasteiger charge is 2.32. The summed E-state index contributed by atoms with van der Waals surface area (Å²) in [6.45, 7) is 13.8. The second kappa shape index (κ2) is 10.5. The minimum absolute atomic E-state index is 0.0318. The molecule has 0 amide bonds. The van der Waals surface area contributed by atoms with Crippen LogP contribution in [-0.2, 0) is 6.42 Å². The molecular weight excluding hydrogens is 561 g/mol. The number of hydrogen-bond acceptors (Lipinski definition) is 4. The number of hydrogen-bond donors (Lipinski definition) is 0. The van der Waals surface area contributed by atoms with E-state index < -0.39 is 0 Å². The zero-order chi connectivity index (χ0) is 29.9. The Labute approximate surface area is 265 Å². The van der Waals surface area contributed by atoms with Crippen LogP contribution in [0.1, 0.15) is 47.1 Å². The Kier molecular flexibility index (Phi) is 6.91. The first-order valence-corrected chi connectivity index (χ1v) is 16.7. The summed E-state index contributed by atoms with van der Waals surface area (Å²) in [5.41, 5.74) is 10.3. The van der Waals surface area contributed by atoms with Gasteiger partial charge in [-0.3, -0.25) is 0 Å². The van der Waals surface area contributed by atoms with Gasteiger partial charge >= 0.3 is 0 Å². The summed E-state index contributed by atoms with van der Waals surface area (Å²) in [6.07, 6.45) is 1.06. The molecule has 5 aromatic carbocycles. The smallest absolute Gasteiger partial charge is 0.0602 e. The fourth-order valence-corrected chi connectivity index (χ4v) is 8.53. The summed E-state index contributed by atoms with van der Waals surface area (Å²) < 4.78 is 0. The van der Waals surface area contributed by atoms with E-state index in [0.29, 0.717) is 0 Å². The van der Waals surface area contributed by atoms with Gasteiger partial charge in [0.1, 0.15) is 0 Å². The van der Waals surface area contributed by atoms with Gasteiger partial charge in [0.25, 0.3) is 0 Å². The lowest BCUT2D eigenvalue weighted by atomic mass is 9.88. The molecule has 0 atom stereocenters. The van der Waals surface area contributed by atoms with Crippen molar-refractivity contribution in [2.75, 3.05) is 9.80 Å². The van der Waals surface area contributed by atoms with Crippen molar-refractivity contribution in [3.8, 4) is 11.1 Å². The molecule has 0 bridgehead atoms. The van der Waals surface area contributed by atoms with Crippen molar-refractivity contribution in [1.82, 2.24) is 0 Å². The molecule has 2 aliphatic rings. The van der Waals surface area contributed by atoms with Gasteiger partial charge in [0.05, 0.1) is 22.7 Å². The Hall–Kier alpha value is -3.60. The molecule has 0 unspecified atom stereocenters. The zero-order valence-corrected chi connectivity index (χ0v) is 27.4. The van der Waals surface area contributed by atoms with Crippen molar-refractivity contribution < 1.29 is 0 Å². The fourth-order valence-electron chi connectivity index (χ4n) is 6.27. The van der Waals surface area contributed by atoms with Gasteiger partial charge in [-0.05, 0) is 110 Å². The summed E-state index contributed by atoms with van der Waals surface area (Å²) in [5, 5.41) is 0. The molecule has 0 spiro atoms. The average molecular weight is 599 g/mol. The molecule has 2 aliphatic heterocycles. The first-order chi connectivity index (χ1) is 20.5. The lowest BCUT2D eigenvalue weighted by Gasteiger charge is -2.42. The van der Waals surface area contributed by atoms with E-state index in [9.17, 15) is 0 Å². The van der Waals surface area contributed by atoms with Crippen molar-refractivity contribution in [2.45, 2.75) is 73.1 Å². The number of nitrogens with zero attached hydrogens (tertiary/aromatic N) is 2. The van der Waals surface area contributed by atoms with Gasteiger partial charge in [0, 0.05) is 30.8 Å². The molecule has 216 valence electrons. The third-order valence-electron chi connectivity index (χ3n) is 7.97. The van der Waals surface area contributed by atoms with Gasteiger partial charge in [0.2, 0.25) is 0 Å². The van der Waals surface area contributed by atoms with E-state index in [1.54, 1.807) is 0 Å². The molecule has 0 N–H and O–H groups in total. The molecule has 43 heavy (non-hydrogen) atoms. The SMILES string of the molecule is CC(C)(C)Cc1ccc2c(c1)Sc1cc(-c3ccc4c(c3)Sc3ccccc3N4C(C)(C)C)ccc1N2c1ccccc1. The molecule has 4 heteroatoms. The molecule has 2 heterocycles. The summed E-state index contributed by atoms with van der Waals surface area (Å²) in [7, 11) is 0. The van der Waals surface area contributed by atoms with E-state index in [0.717, 1.165) is 6.42 Å². The summed E-state index contributed by atoms with van der Waals surface area (Å²) in [4.78, 5) is 10.1. The molecule has 7 rings (SSSR count). The molecule has 0 saturated heterocycles. The second-order valence-electron chi connectivity index (χ2n) is 13.8. The topological polar surface area (TPSA) is 6.48 Å². The molecule has 0 fully saturated rings. The Morgan fingerprint density at radius 1 is 0.512 bits per heavy atom. The van der Waals surface area contributed by atoms with Crippen LogP contribution >= 0.6 is 23.5 Å². The molecular formula is C39H38N2S2. The summed E-state index contributed by atoms with van der Waals surface area (Å²) >= 11 is 3.78. The maximum Gasteiger partial charge on any atom is 0.0602 e. The second-order valence-corrected chi connectivity index (χ2v) is 15.9. The van der Waals surface area contributed by atoms with Crippen molar-refractivity contribution in [3.05, 3.63) is 115 Å². The van der Waals surface area contributed by atoms with Gasteiger partial charge in [0.15, 0.2) is 0 Å². The van der Waals surface area contributed by atoms with Gasteiger partial charge < -0.3 is 9.80 Å². The van der Waals surface area contributed by atoms with E-state index >= 15 is 0 Å². The van der Waals surface area contributed by atoms with Crippen LogP contribution in [0.25, 0.3) is 11.1 Å². The van der Waals surface area contributed by atoms with Crippen LogP contribution in [0.3, 0.4) is 0 Å². The van der Waals surface area contributed by atoms with E-state index in [4.69, 9.17) is 0 Å². The van der Waals surface area contributed by atoms with Crippen molar-refractivity contribution in [3.63, 3.8) is 0 Å². The number of rotatable bonds is 3. The molecule has 5 aromatic rings. The quantitative estimate of drug-likeness (QED) is 0.200. The van der Waals surface area contributed by atoms with E-state index in [1.807, 2.05) is 23.5 Å². The van der Waals surface area contributed by atoms with Gasteiger partial charge in [-0.25, -0.2) is 0 Å². The minimum Gasteiger partial charge on any atom is -0.334 e. The molecule has 0 saturated carbocycles. The van der Waals surface area contributed by atoms with Gasteiger partial charge in [-0.2, -0.15) is 0 Å². The predicted octanol–water partition coefficient (Wildman–Crippen LogP) is 12.3. The van der Waals surface area contributed by atoms with Crippen LogP contribution in [0.4, 0.5) is 28.4 Å².